The van der Waals surface area contributed by atoms with Crippen molar-refractivity contribution < 1.29 is 9.53 Å². The van der Waals surface area contributed by atoms with Crippen molar-refractivity contribution in [3.05, 3.63) is 47.5 Å². The zero-order valence-electron chi connectivity index (χ0n) is 11.2. The van der Waals surface area contributed by atoms with Crippen LogP contribution in [0.3, 0.4) is 0 Å². The van der Waals surface area contributed by atoms with E-state index in [1.54, 1.807) is 30.3 Å². The molecule has 2 aromatic carbocycles. The Balaban J connectivity index is 1.92. The highest BCUT2D eigenvalue weighted by molar-refractivity contribution is 5.94. The molecule has 0 saturated heterocycles. The predicted molar refractivity (Wildman–Crippen MR) is 79.0 cm³/mol. The lowest BCUT2D eigenvalue weighted by Gasteiger charge is -2.19. The first-order chi connectivity index (χ1) is 10.2. The number of fused-ring (bicyclic) bond motifs is 1. The number of amides is 1. The van der Waals surface area contributed by atoms with Gasteiger partial charge in [0.1, 0.15) is 5.75 Å². The Kier molecular flexibility index (Phi) is 3.20. The highest BCUT2D eigenvalue weighted by Crippen LogP contribution is 2.35. The summed E-state index contributed by atoms with van der Waals surface area (Å²) < 4.78 is 5.76. The average molecular weight is 279 g/mol. The Morgan fingerprint density at radius 3 is 2.90 bits per heavy atom. The highest BCUT2D eigenvalue weighted by atomic mass is 16.5. The van der Waals surface area contributed by atoms with Gasteiger partial charge in [0.05, 0.1) is 17.3 Å². The highest BCUT2D eigenvalue weighted by Gasteiger charge is 2.17. The summed E-state index contributed by atoms with van der Waals surface area (Å²) >= 11 is 0. The summed E-state index contributed by atoms with van der Waals surface area (Å²) in [6.07, 6.45) is 1.12. The smallest absolute Gasteiger partial charge is 0.224 e. The van der Waals surface area contributed by atoms with Gasteiger partial charge < -0.3 is 15.8 Å². The van der Waals surface area contributed by atoms with Gasteiger partial charge in [0, 0.05) is 12.1 Å². The molecule has 1 aliphatic heterocycles. The minimum Gasteiger partial charge on any atom is -0.455 e. The van der Waals surface area contributed by atoms with Crippen molar-refractivity contribution in [1.29, 1.82) is 5.26 Å². The summed E-state index contributed by atoms with van der Waals surface area (Å²) in [5.74, 6) is 1.08. The number of nitrogens with two attached hydrogens (primary N) is 1. The molecule has 21 heavy (non-hydrogen) atoms. The van der Waals surface area contributed by atoms with Crippen molar-refractivity contribution in [2.75, 3.05) is 11.1 Å². The number of nitrogen functional groups attached to an aromatic ring is 1. The molecule has 1 heterocycles. The van der Waals surface area contributed by atoms with E-state index in [0.29, 0.717) is 35.6 Å². The third-order valence-electron chi connectivity index (χ3n) is 3.32. The van der Waals surface area contributed by atoms with E-state index in [1.807, 2.05) is 6.07 Å². The fraction of sp³-hybridized carbons (Fsp3) is 0.125. The molecule has 0 radical (unpaired) electrons. The maximum atomic E-state index is 11.4. The quantitative estimate of drug-likeness (QED) is 0.827. The fourth-order valence-electron chi connectivity index (χ4n) is 2.27. The molecule has 3 rings (SSSR count). The number of carbonyl (C=O) groups is 1. The standard InChI is InChI=1S/C16H13N3O2/c17-9-10-2-1-3-12(6-10)21-15-7-11-4-5-16(20)19-14(11)8-13(15)18/h1-3,6-8H,4-5,18H2,(H,19,20). The first-order valence-electron chi connectivity index (χ1n) is 6.56. The maximum absolute atomic E-state index is 11.4. The molecule has 0 aromatic heterocycles. The van der Waals surface area contributed by atoms with Crippen LogP contribution in [0.15, 0.2) is 36.4 Å². The van der Waals surface area contributed by atoms with Crippen molar-refractivity contribution in [1.82, 2.24) is 0 Å². The third kappa shape index (κ3) is 2.65. The Labute approximate surface area is 121 Å². The van der Waals surface area contributed by atoms with E-state index in [9.17, 15) is 4.79 Å². The Morgan fingerprint density at radius 2 is 2.10 bits per heavy atom. The van der Waals surface area contributed by atoms with Gasteiger partial charge >= 0.3 is 0 Å². The van der Waals surface area contributed by atoms with Crippen LogP contribution < -0.4 is 15.8 Å². The Bertz CT molecular complexity index is 763. The summed E-state index contributed by atoms with van der Waals surface area (Å²) in [5.41, 5.74) is 8.67. The van der Waals surface area contributed by atoms with Crippen LogP contribution in [-0.2, 0) is 11.2 Å². The second-order valence-corrected chi connectivity index (χ2v) is 4.84. The van der Waals surface area contributed by atoms with Crippen molar-refractivity contribution in [2.45, 2.75) is 12.8 Å². The third-order valence-corrected chi connectivity index (χ3v) is 3.32. The number of nitrogens with zero attached hydrogens (tertiary/aromatic N) is 1. The summed E-state index contributed by atoms with van der Waals surface area (Å²) in [4.78, 5) is 11.4. The summed E-state index contributed by atoms with van der Waals surface area (Å²) in [7, 11) is 0. The number of ether oxygens (including phenoxy) is 1. The summed E-state index contributed by atoms with van der Waals surface area (Å²) in [6.45, 7) is 0. The zero-order chi connectivity index (χ0) is 14.8. The number of hydrogen-bond acceptors (Lipinski definition) is 4. The first-order valence-corrected chi connectivity index (χ1v) is 6.56. The molecular weight excluding hydrogens is 266 g/mol. The summed E-state index contributed by atoms with van der Waals surface area (Å²) in [5, 5.41) is 11.7. The minimum absolute atomic E-state index is 0.00251. The molecule has 1 amide bonds. The average Bonchev–Trinajstić information content (AvgIpc) is 2.48. The van der Waals surface area contributed by atoms with E-state index in [1.165, 1.54) is 0 Å². The maximum Gasteiger partial charge on any atom is 0.224 e. The van der Waals surface area contributed by atoms with E-state index in [4.69, 9.17) is 15.7 Å². The molecule has 0 bridgehead atoms. The molecule has 0 saturated carbocycles. The Morgan fingerprint density at radius 1 is 1.24 bits per heavy atom. The minimum atomic E-state index is -0.00251. The molecule has 0 aliphatic carbocycles. The van der Waals surface area contributed by atoms with Gasteiger partial charge in [-0.05, 0) is 42.3 Å². The van der Waals surface area contributed by atoms with Gasteiger partial charge in [-0.2, -0.15) is 5.26 Å². The van der Waals surface area contributed by atoms with E-state index < -0.39 is 0 Å². The van der Waals surface area contributed by atoms with Gasteiger partial charge in [-0.3, -0.25) is 4.79 Å². The molecule has 0 atom stereocenters. The van der Waals surface area contributed by atoms with Gasteiger partial charge in [-0.15, -0.1) is 0 Å². The Hall–Kier alpha value is -3.00. The van der Waals surface area contributed by atoms with Crippen LogP contribution in [0.1, 0.15) is 17.5 Å². The van der Waals surface area contributed by atoms with Crippen LogP contribution in [0.4, 0.5) is 11.4 Å². The molecule has 0 fully saturated rings. The van der Waals surface area contributed by atoms with Gasteiger partial charge in [0.15, 0.2) is 5.75 Å². The van der Waals surface area contributed by atoms with E-state index in [0.717, 1.165) is 11.3 Å². The van der Waals surface area contributed by atoms with Crippen LogP contribution in [0.25, 0.3) is 0 Å². The largest absolute Gasteiger partial charge is 0.455 e. The van der Waals surface area contributed by atoms with Crippen LogP contribution in [-0.4, -0.2) is 5.91 Å². The molecule has 5 heteroatoms. The molecule has 0 unspecified atom stereocenters. The van der Waals surface area contributed by atoms with Crippen molar-refractivity contribution in [3.8, 4) is 17.6 Å². The number of benzene rings is 2. The molecule has 2 aromatic rings. The van der Waals surface area contributed by atoms with Crippen LogP contribution >= 0.6 is 0 Å². The van der Waals surface area contributed by atoms with Crippen molar-refractivity contribution in [3.63, 3.8) is 0 Å². The molecular formula is C16H13N3O2. The van der Waals surface area contributed by atoms with Gasteiger partial charge in [0.2, 0.25) is 5.91 Å². The van der Waals surface area contributed by atoms with Gasteiger partial charge in [-0.1, -0.05) is 6.07 Å². The number of hydrogen-bond donors (Lipinski definition) is 2. The topological polar surface area (TPSA) is 88.1 Å². The van der Waals surface area contributed by atoms with Crippen LogP contribution in [0, 0.1) is 11.3 Å². The van der Waals surface area contributed by atoms with Crippen LogP contribution in [0.5, 0.6) is 11.5 Å². The van der Waals surface area contributed by atoms with E-state index in [-0.39, 0.29) is 5.91 Å². The molecule has 104 valence electrons. The lowest BCUT2D eigenvalue weighted by atomic mass is 10.0. The fourth-order valence-corrected chi connectivity index (χ4v) is 2.27. The zero-order valence-corrected chi connectivity index (χ0v) is 11.2. The lowest BCUT2D eigenvalue weighted by molar-refractivity contribution is -0.116. The lowest BCUT2D eigenvalue weighted by Crippen LogP contribution is -2.19. The number of nitriles is 1. The van der Waals surface area contributed by atoms with E-state index in [2.05, 4.69) is 11.4 Å². The number of carbonyl (C=O) groups excluding carboxylic acids is 1. The number of anilines is 2. The molecule has 0 spiro atoms. The summed E-state index contributed by atoms with van der Waals surface area (Å²) in [6, 6.07) is 12.5. The number of nitrogens with one attached hydrogen (secondary N) is 1. The van der Waals surface area contributed by atoms with Crippen molar-refractivity contribution in [2.24, 2.45) is 0 Å². The predicted octanol–water partition coefficient (Wildman–Crippen LogP) is 2.82. The first kappa shape index (κ1) is 13.0. The molecule has 3 N–H and O–H groups in total. The van der Waals surface area contributed by atoms with E-state index >= 15 is 0 Å². The molecule has 5 nitrogen and oxygen atoms in total. The number of rotatable bonds is 2. The number of aryl methyl sites for hydroxylation is 1. The SMILES string of the molecule is N#Cc1cccc(Oc2cc3c(cc2N)NC(=O)CC3)c1. The van der Waals surface area contributed by atoms with Gasteiger partial charge in [0.25, 0.3) is 0 Å². The normalized spacial score (nSPS) is 13.0. The van der Waals surface area contributed by atoms with Crippen molar-refractivity contribution >= 4 is 17.3 Å². The van der Waals surface area contributed by atoms with Gasteiger partial charge in [-0.25, -0.2) is 0 Å². The second-order valence-electron chi connectivity index (χ2n) is 4.84. The molecule has 1 aliphatic rings. The second kappa shape index (κ2) is 5.17. The monoisotopic (exact) mass is 279 g/mol. The van der Waals surface area contributed by atoms with Crippen LogP contribution in [0.2, 0.25) is 0 Å².